The van der Waals surface area contributed by atoms with Crippen LogP contribution in [0.25, 0.3) is 0 Å². The van der Waals surface area contributed by atoms with Crippen LogP contribution in [0.3, 0.4) is 0 Å². The molecule has 9 heteroatoms. The Labute approximate surface area is 249 Å². The lowest BCUT2D eigenvalue weighted by Gasteiger charge is -2.33. The smallest absolute Gasteiger partial charge is 0.243 e. The molecule has 0 aliphatic rings. The molecule has 0 heterocycles. The highest BCUT2D eigenvalue weighted by atomic mass is 35.5. The van der Waals surface area contributed by atoms with Crippen LogP contribution in [0.15, 0.2) is 78.9 Å². The molecular formula is C32H40ClN3O4S. The highest BCUT2D eigenvalue weighted by molar-refractivity contribution is 7.92. The molecule has 0 aromatic heterocycles. The van der Waals surface area contributed by atoms with Crippen molar-refractivity contribution in [1.29, 1.82) is 0 Å². The van der Waals surface area contributed by atoms with E-state index < -0.39 is 16.1 Å². The van der Waals surface area contributed by atoms with Crippen LogP contribution in [0.5, 0.6) is 0 Å². The van der Waals surface area contributed by atoms with E-state index in [2.05, 4.69) is 5.32 Å². The highest BCUT2D eigenvalue weighted by Gasteiger charge is 2.31. The Bertz CT molecular complexity index is 1400. The van der Waals surface area contributed by atoms with E-state index in [4.69, 9.17) is 11.6 Å². The molecule has 220 valence electrons. The van der Waals surface area contributed by atoms with Crippen molar-refractivity contribution in [3.8, 4) is 0 Å². The third kappa shape index (κ3) is 9.61. The molecule has 2 atom stereocenters. The number of carbonyl (C=O) groups excluding carboxylic acids is 2. The van der Waals surface area contributed by atoms with Gasteiger partial charge in [0.15, 0.2) is 0 Å². The molecular weight excluding hydrogens is 558 g/mol. The van der Waals surface area contributed by atoms with Crippen molar-refractivity contribution in [1.82, 2.24) is 10.2 Å². The Balaban J connectivity index is 1.89. The number of nitrogens with zero attached hydrogens (tertiary/aromatic N) is 2. The lowest BCUT2D eigenvalue weighted by Crippen LogP contribution is -2.52. The van der Waals surface area contributed by atoms with E-state index >= 15 is 0 Å². The SMILES string of the molecule is CC[C@@H](C)NC(=O)[C@H](Cc1ccccc1)N(Cc1ccccc1Cl)C(=O)CCCN(c1ccc(C)cc1)S(C)(=O)=O. The molecule has 0 saturated heterocycles. The molecule has 0 radical (unpaired) electrons. The quantitative estimate of drug-likeness (QED) is 0.256. The third-order valence-corrected chi connectivity index (χ3v) is 8.61. The van der Waals surface area contributed by atoms with Gasteiger partial charge in [0, 0.05) is 37.0 Å². The number of benzene rings is 3. The number of nitrogens with one attached hydrogen (secondary N) is 1. The first-order valence-electron chi connectivity index (χ1n) is 13.9. The van der Waals surface area contributed by atoms with Crippen LogP contribution in [0.4, 0.5) is 5.69 Å². The van der Waals surface area contributed by atoms with Crippen molar-refractivity contribution in [2.45, 2.75) is 65.1 Å². The van der Waals surface area contributed by atoms with E-state index in [9.17, 15) is 18.0 Å². The minimum Gasteiger partial charge on any atom is -0.352 e. The van der Waals surface area contributed by atoms with Crippen LogP contribution in [-0.4, -0.2) is 50.0 Å². The van der Waals surface area contributed by atoms with E-state index in [0.717, 1.165) is 29.4 Å². The average molecular weight is 598 g/mol. The summed E-state index contributed by atoms with van der Waals surface area (Å²) >= 11 is 6.49. The van der Waals surface area contributed by atoms with Crippen molar-refractivity contribution in [3.05, 3.63) is 101 Å². The predicted octanol–water partition coefficient (Wildman–Crippen LogP) is 5.75. The van der Waals surface area contributed by atoms with Crippen LogP contribution in [0.1, 0.15) is 49.8 Å². The summed E-state index contributed by atoms with van der Waals surface area (Å²) in [7, 11) is -3.56. The zero-order valence-corrected chi connectivity index (χ0v) is 25.8. The van der Waals surface area contributed by atoms with Gasteiger partial charge in [0.2, 0.25) is 21.8 Å². The van der Waals surface area contributed by atoms with Crippen LogP contribution in [0.2, 0.25) is 5.02 Å². The van der Waals surface area contributed by atoms with Crippen molar-refractivity contribution in [3.63, 3.8) is 0 Å². The first-order chi connectivity index (χ1) is 19.5. The number of anilines is 1. The number of halogens is 1. The second kappa shape index (κ2) is 15.0. The predicted molar refractivity (Wildman–Crippen MR) is 166 cm³/mol. The Morgan fingerprint density at radius 3 is 2.20 bits per heavy atom. The van der Waals surface area contributed by atoms with Crippen molar-refractivity contribution < 1.29 is 18.0 Å². The van der Waals surface area contributed by atoms with Crippen molar-refractivity contribution in [2.24, 2.45) is 0 Å². The number of amides is 2. The lowest BCUT2D eigenvalue weighted by atomic mass is 10.0. The second-order valence-electron chi connectivity index (χ2n) is 10.4. The van der Waals surface area contributed by atoms with Gasteiger partial charge in [0.1, 0.15) is 6.04 Å². The molecule has 41 heavy (non-hydrogen) atoms. The van der Waals surface area contributed by atoms with Gasteiger partial charge in [-0.2, -0.15) is 0 Å². The van der Waals surface area contributed by atoms with Gasteiger partial charge >= 0.3 is 0 Å². The largest absolute Gasteiger partial charge is 0.352 e. The number of aryl methyl sites for hydroxylation is 1. The number of rotatable bonds is 14. The van der Waals surface area contributed by atoms with Gasteiger partial charge in [-0.05, 0) is 56.0 Å². The van der Waals surface area contributed by atoms with Gasteiger partial charge in [0.05, 0.1) is 11.9 Å². The standard InChI is InChI=1S/C32H40ClN3O4S/c1-5-25(3)34-32(38)30(22-26-12-7-6-8-13-26)35(23-27-14-9-10-15-29(27)33)31(37)16-11-21-36(41(4,39)40)28-19-17-24(2)18-20-28/h6-10,12-15,17-20,25,30H,5,11,16,21-23H2,1-4H3,(H,34,38)/t25-,30+/m1/s1. The molecule has 1 N–H and O–H groups in total. The topological polar surface area (TPSA) is 86.8 Å². The van der Waals surface area contributed by atoms with Crippen LogP contribution in [-0.2, 0) is 32.6 Å². The zero-order valence-electron chi connectivity index (χ0n) is 24.2. The van der Waals surface area contributed by atoms with Crippen molar-refractivity contribution in [2.75, 3.05) is 17.1 Å². The molecule has 0 aliphatic carbocycles. The van der Waals surface area contributed by atoms with E-state index in [0.29, 0.717) is 17.1 Å². The molecule has 2 amide bonds. The van der Waals surface area contributed by atoms with Gasteiger partial charge in [-0.15, -0.1) is 0 Å². The van der Waals surface area contributed by atoms with E-state index in [1.165, 1.54) is 4.31 Å². The summed E-state index contributed by atoms with van der Waals surface area (Å²) in [5.41, 5.74) is 3.23. The highest BCUT2D eigenvalue weighted by Crippen LogP contribution is 2.23. The molecule has 0 fully saturated rings. The maximum Gasteiger partial charge on any atom is 0.243 e. The fraction of sp³-hybridized carbons (Fsp3) is 0.375. The summed E-state index contributed by atoms with van der Waals surface area (Å²) in [4.78, 5) is 29.1. The number of hydrogen-bond donors (Lipinski definition) is 1. The summed E-state index contributed by atoms with van der Waals surface area (Å²) in [5.74, 6) is -0.483. The molecule has 0 bridgehead atoms. The Morgan fingerprint density at radius 2 is 1.59 bits per heavy atom. The third-order valence-electron chi connectivity index (χ3n) is 7.04. The molecule has 0 aliphatic heterocycles. The van der Waals surface area contributed by atoms with Gasteiger partial charge in [-0.3, -0.25) is 13.9 Å². The van der Waals surface area contributed by atoms with Crippen molar-refractivity contribution >= 4 is 39.1 Å². The number of sulfonamides is 1. The lowest BCUT2D eigenvalue weighted by molar-refractivity contribution is -0.141. The number of hydrogen-bond acceptors (Lipinski definition) is 4. The second-order valence-corrected chi connectivity index (χ2v) is 12.7. The Kier molecular flexibility index (Phi) is 11.8. The molecule has 0 saturated carbocycles. The molecule has 3 aromatic carbocycles. The first kappa shape index (κ1) is 32.2. The normalized spacial score (nSPS) is 12.8. The maximum atomic E-state index is 13.9. The molecule has 0 spiro atoms. The minimum absolute atomic E-state index is 0.0594. The van der Waals surface area contributed by atoms with E-state index in [1.54, 1.807) is 23.1 Å². The molecule has 3 rings (SSSR count). The fourth-order valence-corrected chi connectivity index (χ4v) is 5.68. The zero-order chi connectivity index (χ0) is 30.0. The van der Waals surface area contributed by atoms with Crippen LogP contribution >= 0.6 is 11.6 Å². The van der Waals surface area contributed by atoms with Gasteiger partial charge in [-0.25, -0.2) is 8.42 Å². The van der Waals surface area contributed by atoms with Gasteiger partial charge in [-0.1, -0.05) is 84.8 Å². The summed E-state index contributed by atoms with van der Waals surface area (Å²) in [6, 6.07) is 23.3. The fourth-order valence-electron chi connectivity index (χ4n) is 4.52. The minimum atomic E-state index is -3.56. The summed E-state index contributed by atoms with van der Waals surface area (Å²) in [5, 5.41) is 3.56. The maximum absolute atomic E-state index is 13.9. The van der Waals surface area contributed by atoms with Crippen LogP contribution in [0, 0.1) is 6.92 Å². The molecule has 3 aromatic rings. The Hall–Kier alpha value is -3.36. The van der Waals surface area contributed by atoms with Gasteiger partial charge in [0.25, 0.3) is 0 Å². The first-order valence-corrected chi connectivity index (χ1v) is 16.1. The summed E-state index contributed by atoms with van der Waals surface area (Å²) in [6.07, 6.45) is 2.59. The molecule has 7 nitrogen and oxygen atoms in total. The van der Waals surface area contributed by atoms with Crippen LogP contribution < -0.4 is 9.62 Å². The molecule has 0 unspecified atom stereocenters. The summed E-state index contributed by atoms with van der Waals surface area (Å²) < 4.78 is 26.5. The monoisotopic (exact) mass is 597 g/mol. The number of carbonyl (C=O) groups is 2. The van der Waals surface area contributed by atoms with Gasteiger partial charge < -0.3 is 10.2 Å². The van der Waals surface area contributed by atoms with E-state index in [1.807, 2.05) is 81.4 Å². The average Bonchev–Trinajstić information content (AvgIpc) is 2.94. The summed E-state index contributed by atoms with van der Waals surface area (Å²) in [6.45, 7) is 6.14. The van der Waals surface area contributed by atoms with E-state index in [-0.39, 0.29) is 43.8 Å². The Morgan fingerprint density at radius 1 is 0.951 bits per heavy atom.